The molecule has 0 amide bonds. The molecule has 0 bridgehead atoms. The molecule has 2 aromatic carbocycles. The monoisotopic (exact) mass is 335 g/mol. The van der Waals surface area contributed by atoms with Gasteiger partial charge in [-0.3, -0.25) is 14.9 Å². The van der Waals surface area contributed by atoms with Crippen molar-refractivity contribution in [3.63, 3.8) is 0 Å². The topological polar surface area (TPSA) is 105 Å². The molecule has 3 rings (SSSR count). The Morgan fingerprint density at radius 3 is 2.36 bits per heavy atom. The average molecular weight is 335 g/mol. The quantitative estimate of drug-likeness (QED) is 0.524. The van der Waals surface area contributed by atoms with E-state index in [-0.39, 0.29) is 28.5 Å². The third-order valence-corrected chi connectivity index (χ3v) is 3.77. The fourth-order valence-electron chi connectivity index (χ4n) is 2.51. The van der Waals surface area contributed by atoms with Crippen LogP contribution in [0, 0.1) is 10.1 Å². The number of hydrogen-bond acceptors (Lipinski definition) is 6. The van der Waals surface area contributed by atoms with Gasteiger partial charge in [0.2, 0.25) is 0 Å². The van der Waals surface area contributed by atoms with Crippen LogP contribution in [0.1, 0.15) is 28.4 Å². The lowest BCUT2D eigenvalue weighted by Crippen LogP contribution is -2.07. The number of rotatable bonds is 4. The van der Waals surface area contributed by atoms with Crippen molar-refractivity contribution in [2.75, 3.05) is 0 Å². The van der Waals surface area contributed by atoms with E-state index in [0.717, 1.165) is 0 Å². The molecular formula is C18H13N3O4. The first-order valence-corrected chi connectivity index (χ1v) is 7.39. The lowest BCUT2D eigenvalue weighted by molar-refractivity contribution is -0.384. The van der Waals surface area contributed by atoms with Gasteiger partial charge in [0.05, 0.1) is 22.4 Å². The van der Waals surface area contributed by atoms with E-state index in [1.807, 2.05) is 0 Å². The van der Waals surface area contributed by atoms with Crippen LogP contribution in [0.4, 0.5) is 5.69 Å². The Morgan fingerprint density at radius 1 is 1.12 bits per heavy atom. The molecule has 2 aromatic rings. The van der Waals surface area contributed by atoms with Crippen LogP contribution in [-0.4, -0.2) is 27.7 Å². The first-order chi connectivity index (χ1) is 12.0. The molecule has 0 saturated heterocycles. The highest BCUT2D eigenvalue weighted by Crippen LogP contribution is 2.31. The molecule has 0 heterocycles. The van der Waals surface area contributed by atoms with Gasteiger partial charge >= 0.3 is 0 Å². The van der Waals surface area contributed by atoms with Crippen molar-refractivity contribution in [3.8, 4) is 0 Å². The van der Waals surface area contributed by atoms with Gasteiger partial charge in [0, 0.05) is 23.3 Å². The van der Waals surface area contributed by atoms with E-state index in [0.29, 0.717) is 16.7 Å². The van der Waals surface area contributed by atoms with Crippen molar-refractivity contribution in [3.05, 3.63) is 80.9 Å². The number of nitrogens with zero attached hydrogens (tertiary/aromatic N) is 3. The van der Waals surface area contributed by atoms with E-state index in [1.165, 1.54) is 18.3 Å². The zero-order valence-corrected chi connectivity index (χ0v) is 13.2. The molecule has 124 valence electrons. The molecule has 1 aliphatic rings. The lowest BCUT2D eigenvalue weighted by atomic mass is 10.1. The molecule has 0 spiro atoms. The second-order valence-electron chi connectivity index (χ2n) is 5.38. The molecule has 0 unspecified atom stereocenters. The summed E-state index contributed by atoms with van der Waals surface area (Å²) in [5, 5.41) is 28.7. The summed E-state index contributed by atoms with van der Waals surface area (Å²) < 4.78 is 0. The Bertz CT molecular complexity index is 957. The van der Waals surface area contributed by atoms with E-state index >= 15 is 0 Å². The number of hydrogen-bond donors (Lipinski definition) is 1. The van der Waals surface area contributed by atoms with Crippen molar-refractivity contribution < 1.29 is 14.8 Å². The highest BCUT2D eigenvalue weighted by atomic mass is 16.6. The molecule has 0 atom stereocenters. The number of carbonyl (C=O) groups is 1. The minimum atomic E-state index is -0.484. The molecule has 0 aliphatic heterocycles. The lowest BCUT2D eigenvalue weighted by Gasteiger charge is -1.99. The van der Waals surface area contributed by atoms with Crippen molar-refractivity contribution >= 4 is 29.2 Å². The molecule has 7 heteroatoms. The highest BCUT2D eigenvalue weighted by molar-refractivity contribution is 6.35. The maximum absolute atomic E-state index is 12.4. The number of fused-ring (bicyclic) bond motifs is 1. The number of aliphatic hydroxyl groups excluding tert-OH is 1. The van der Waals surface area contributed by atoms with Gasteiger partial charge in [-0.1, -0.05) is 24.3 Å². The maximum Gasteiger partial charge on any atom is 0.269 e. The van der Waals surface area contributed by atoms with Crippen LogP contribution < -0.4 is 0 Å². The summed E-state index contributed by atoms with van der Waals surface area (Å²) >= 11 is 0. The average Bonchev–Trinajstić information content (AvgIpc) is 2.87. The summed E-state index contributed by atoms with van der Waals surface area (Å²) in [6, 6.07) is 12.6. The SMILES string of the molecule is C/C(=N\N=C/c1ccc([N+](=O)[O-])cc1)C1=C(O)c2ccccc2C1=O. The highest BCUT2D eigenvalue weighted by Gasteiger charge is 2.30. The van der Waals surface area contributed by atoms with Crippen LogP contribution in [0.2, 0.25) is 0 Å². The van der Waals surface area contributed by atoms with Crippen LogP contribution in [0.25, 0.3) is 5.76 Å². The first kappa shape index (κ1) is 16.3. The minimum Gasteiger partial charge on any atom is -0.506 e. The van der Waals surface area contributed by atoms with Crippen LogP contribution in [-0.2, 0) is 0 Å². The zero-order valence-electron chi connectivity index (χ0n) is 13.2. The molecule has 0 fully saturated rings. The summed E-state index contributed by atoms with van der Waals surface area (Å²) in [6.45, 7) is 1.59. The maximum atomic E-state index is 12.4. The second-order valence-corrected chi connectivity index (χ2v) is 5.38. The van der Waals surface area contributed by atoms with E-state index in [9.17, 15) is 20.0 Å². The van der Waals surface area contributed by atoms with Gasteiger partial charge in [-0.15, -0.1) is 0 Å². The number of nitro groups is 1. The van der Waals surface area contributed by atoms with Crippen LogP contribution in [0.5, 0.6) is 0 Å². The number of aliphatic hydroxyl groups is 1. The largest absolute Gasteiger partial charge is 0.506 e. The molecule has 1 aliphatic carbocycles. The number of nitro benzene ring substituents is 1. The molecule has 25 heavy (non-hydrogen) atoms. The fourth-order valence-corrected chi connectivity index (χ4v) is 2.51. The number of ketones is 1. The van der Waals surface area contributed by atoms with Gasteiger partial charge < -0.3 is 5.11 Å². The second kappa shape index (κ2) is 6.48. The first-order valence-electron chi connectivity index (χ1n) is 7.39. The Morgan fingerprint density at radius 2 is 1.76 bits per heavy atom. The molecule has 0 radical (unpaired) electrons. The fraction of sp³-hybridized carbons (Fsp3) is 0.0556. The number of non-ortho nitro benzene ring substituents is 1. The number of carbonyl (C=O) groups excluding carboxylic acids is 1. The van der Waals surface area contributed by atoms with Crippen molar-refractivity contribution in [1.82, 2.24) is 0 Å². The van der Waals surface area contributed by atoms with Crippen molar-refractivity contribution in [2.45, 2.75) is 6.92 Å². The zero-order chi connectivity index (χ0) is 18.0. The standard InChI is InChI=1S/C18H13N3O4/c1-11(16-17(22)14-4-2-3-5-15(14)18(16)23)20-19-10-12-6-8-13(9-7-12)21(24)25/h2-10,22H,1H3/b19-10-,20-11+. The Kier molecular flexibility index (Phi) is 4.21. The number of allylic oxidation sites excluding steroid dienone is 1. The third kappa shape index (κ3) is 3.07. The summed E-state index contributed by atoms with van der Waals surface area (Å²) in [5.41, 5.74) is 1.95. The van der Waals surface area contributed by atoms with Crippen LogP contribution in [0.15, 0.2) is 64.3 Å². The van der Waals surface area contributed by atoms with Gasteiger partial charge in [-0.05, 0) is 24.6 Å². The predicted octanol–water partition coefficient (Wildman–Crippen LogP) is 3.56. The summed E-state index contributed by atoms with van der Waals surface area (Å²) in [7, 11) is 0. The third-order valence-electron chi connectivity index (χ3n) is 3.77. The van der Waals surface area contributed by atoms with Crippen LogP contribution >= 0.6 is 0 Å². The molecular weight excluding hydrogens is 322 g/mol. The summed E-state index contributed by atoms with van der Waals surface area (Å²) in [5.74, 6) is -0.396. The predicted molar refractivity (Wildman–Crippen MR) is 94.1 cm³/mol. The van der Waals surface area contributed by atoms with Gasteiger partial charge in [-0.25, -0.2) is 0 Å². The molecule has 7 nitrogen and oxygen atoms in total. The summed E-state index contributed by atoms with van der Waals surface area (Å²) in [4.78, 5) is 22.5. The number of Topliss-reactive ketones (excluding diaryl/α,β-unsaturated/α-hetero) is 1. The molecule has 1 N–H and O–H groups in total. The van der Waals surface area contributed by atoms with E-state index in [4.69, 9.17) is 0 Å². The van der Waals surface area contributed by atoms with E-state index < -0.39 is 4.92 Å². The van der Waals surface area contributed by atoms with Crippen molar-refractivity contribution in [1.29, 1.82) is 0 Å². The number of benzene rings is 2. The Hall–Kier alpha value is -3.61. The van der Waals surface area contributed by atoms with E-state index in [1.54, 1.807) is 43.3 Å². The molecule has 0 saturated carbocycles. The normalized spacial score (nSPS) is 14.3. The van der Waals surface area contributed by atoms with Gasteiger partial charge in [0.1, 0.15) is 5.76 Å². The van der Waals surface area contributed by atoms with Gasteiger partial charge in [0.25, 0.3) is 5.69 Å². The minimum absolute atomic E-state index is 0.0128. The smallest absolute Gasteiger partial charge is 0.269 e. The summed E-state index contributed by atoms with van der Waals surface area (Å²) in [6.07, 6.45) is 1.41. The Balaban J connectivity index is 1.82. The van der Waals surface area contributed by atoms with Crippen molar-refractivity contribution in [2.24, 2.45) is 10.2 Å². The van der Waals surface area contributed by atoms with Gasteiger partial charge in [-0.2, -0.15) is 10.2 Å². The van der Waals surface area contributed by atoms with E-state index in [2.05, 4.69) is 10.2 Å². The van der Waals surface area contributed by atoms with Crippen LogP contribution in [0.3, 0.4) is 0 Å². The Labute approximate surface area is 142 Å². The van der Waals surface area contributed by atoms with Gasteiger partial charge in [0.15, 0.2) is 5.78 Å². The molecule has 0 aromatic heterocycles.